The van der Waals surface area contributed by atoms with Crippen LogP contribution in [0.2, 0.25) is 0 Å². The lowest BCUT2D eigenvalue weighted by Gasteiger charge is -2.27. The van der Waals surface area contributed by atoms with E-state index in [1.165, 1.54) is 4.31 Å². The van der Waals surface area contributed by atoms with Crippen LogP contribution in [-0.4, -0.2) is 49.0 Å². The van der Waals surface area contributed by atoms with Gasteiger partial charge in [-0.1, -0.05) is 18.2 Å². The Morgan fingerprint density at radius 2 is 1.97 bits per heavy atom. The molecular weight excluding hydrogens is 418 g/mol. The maximum Gasteiger partial charge on any atom is 0.257 e. The molecule has 1 amide bonds. The van der Waals surface area contributed by atoms with Gasteiger partial charge in [-0.2, -0.15) is 9.40 Å². The van der Waals surface area contributed by atoms with E-state index in [0.29, 0.717) is 35.0 Å². The van der Waals surface area contributed by atoms with E-state index in [4.69, 9.17) is 4.74 Å². The van der Waals surface area contributed by atoms with Gasteiger partial charge in [0.15, 0.2) is 5.82 Å². The lowest BCUT2D eigenvalue weighted by molar-refractivity contribution is 0.102. The predicted molar refractivity (Wildman–Crippen MR) is 115 cm³/mol. The number of ether oxygens (including phenoxy) is 1. The van der Waals surface area contributed by atoms with Gasteiger partial charge in [0.05, 0.1) is 29.4 Å². The average molecular weight is 439 g/mol. The van der Waals surface area contributed by atoms with Gasteiger partial charge in [-0.3, -0.25) is 9.89 Å². The van der Waals surface area contributed by atoms with Crippen molar-refractivity contribution in [2.45, 2.75) is 18.0 Å². The summed E-state index contributed by atoms with van der Waals surface area (Å²) in [5.41, 5.74) is 2.72. The molecule has 10 heteroatoms. The molecule has 3 aromatic rings. The van der Waals surface area contributed by atoms with Crippen molar-refractivity contribution in [2.24, 2.45) is 0 Å². The van der Waals surface area contributed by atoms with Gasteiger partial charge in [0.1, 0.15) is 12.4 Å². The summed E-state index contributed by atoms with van der Waals surface area (Å²) in [5.74, 6) is 0.661. The summed E-state index contributed by atoms with van der Waals surface area (Å²) in [7, 11) is -1.66. The molecule has 5 rings (SSSR count). The standard InChI is InChI=1S/C21H21N5O4S/c1-25-9-10-30-19-11-14(7-8-18(19)25)21(27)22-20-16-12-26(13-17(16)23-24-20)31(28,29)15-5-3-2-4-6-15/h2-8,11H,9-10,12-13H2,1H3,(H2,22,23,24,27). The van der Waals surface area contributed by atoms with E-state index in [1.807, 2.05) is 13.1 Å². The number of nitrogens with zero attached hydrogens (tertiary/aromatic N) is 3. The number of aromatic amines is 1. The summed E-state index contributed by atoms with van der Waals surface area (Å²) in [6, 6.07) is 13.6. The molecular formula is C21H21N5O4S. The zero-order chi connectivity index (χ0) is 21.6. The van der Waals surface area contributed by atoms with Crippen LogP contribution in [0, 0.1) is 0 Å². The third-order valence-corrected chi connectivity index (χ3v) is 7.36. The van der Waals surface area contributed by atoms with Crippen LogP contribution >= 0.6 is 0 Å². The minimum absolute atomic E-state index is 0.136. The van der Waals surface area contributed by atoms with Crippen molar-refractivity contribution in [3.05, 3.63) is 65.4 Å². The van der Waals surface area contributed by atoms with Crippen LogP contribution in [0.5, 0.6) is 5.75 Å². The smallest absolute Gasteiger partial charge is 0.257 e. The molecule has 2 aromatic carbocycles. The highest BCUT2D eigenvalue weighted by Gasteiger charge is 2.34. The van der Waals surface area contributed by atoms with E-state index in [1.54, 1.807) is 42.5 Å². The van der Waals surface area contributed by atoms with Gasteiger partial charge in [-0.25, -0.2) is 8.42 Å². The summed E-state index contributed by atoms with van der Waals surface area (Å²) in [4.78, 5) is 15.1. The first kappa shape index (κ1) is 19.6. The van der Waals surface area contributed by atoms with E-state index in [9.17, 15) is 13.2 Å². The first-order valence-corrected chi connectivity index (χ1v) is 11.3. The highest BCUT2D eigenvalue weighted by atomic mass is 32.2. The molecule has 160 valence electrons. The van der Waals surface area contributed by atoms with Gasteiger partial charge in [0.2, 0.25) is 10.0 Å². The van der Waals surface area contributed by atoms with E-state index in [0.717, 1.165) is 12.2 Å². The van der Waals surface area contributed by atoms with E-state index >= 15 is 0 Å². The zero-order valence-corrected chi connectivity index (χ0v) is 17.6. The SMILES string of the molecule is CN1CCOc2cc(C(=O)Nc3n[nH]c4c3CN(S(=O)(=O)c3ccccc3)C4)ccc21. The third-order valence-electron chi connectivity index (χ3n) is 5.55. The Balaban J connectivity index is 1.35. The minimum Gasteiger partial charge on any atom is -0.490 e. The van der Waals surface area contributed by atoms with Crippen molar-refractivity contribution < 1.29 is 17.9 Å². The van der Waals surface area contributed by atoms with Gasteiger partial charge < -0.3 is 15.0 Å². The number of carbonyl (C=O) groups excluding carboxylic acids is 1. The molecule has 0 fully saturated rings. The molecule has 0 spiro atoms. The van der Waals surface area contributed by atoms with Crippen LogP contribution in [0.1, 0.15) is 21.6 Å². The molecule has 1 aromatic heterocycles. The number of carbonyl (C=O) groups is 1. The zero-order valence-electron chi connectivity index (χ0n) is 16.8. The Hall–Kier alpha value is -3.37. The lowest BCUT2D eigenvalue weighted by atomic mass is 10.1. The number of H-pyrrole nitrogens is 1. The third kappa shape index (κ3) is 3.43. The molecule has 2 aliphatic heterocycles. The molecule has 3 heterocycles. The number of benzene rings is 2. The number of aromatic nitrogens is 2. The number of sulfonamides is 1. The minimum atomic E-state index is -3.64. The van der Waals surface area contributed by atoms with Crippen molar-refractivity contribution >= 4 is 27.4 Å². The van der Waals surface area contributed by atoms with E-state index < -0.39 is 10.0 Å². The van der Waals surface area contributed by atoms with Gasteiger partial charge in [-0.05, 0) is 30.3 Å². The molecule has 0 bridgehead atoms. The van der Waals surface area contributed by atoms with Crippen molar-refractivity contribution in [3.8, 4) is 5.75 Å². The Kier molecular flexibility index (Phi) is 4.67. The van der Waals surface area contributed by atoms with E-state index in [2.05, 4.69) is 20.4 Å². The van der Waals surface area contributed by atoms with Crippen LogP contribution < -0.4 is 15.0 Å². The number of nitrogens with one attached hydrogen (secondary N) is 2. The Morgan fingerprint density at radius 1 is 1.16 bits per heavy atom. The van der Waals surface area contributed by atoms with Crippen molar-refractivity contribution in [3.63, 3.8) is 0 Å². The van der Waals surface area contributed by atoms with Crippen LogP contribution in [-0.2, 0) is 23.1 Å². The molecule has 0 atom stereocenters. The fraction of sp³-hybridized carbons (Fsp3) is 0.238. The Labute approximate surface area is 179 Å². The second kappa shape index (κ2) is 7.40. The normalized spacial score (nSPS) is 15.8. The van der Waals surface area contributed by atoms with Crippen LogP contribution in [0.4, 0.5) is 11.5 Å². The molecule has 0 saturated heterocycles. The fourth-order valence-electron chi connectivity index (χ4n) is 3.80. The van der Waals surface area contributed by atoms with Crippen molar-refractivity contribution in [1.29, 1.82) is 0 Å². The summed E-state index contributed by atoms with van der Waals surface area (Å²) in [6.45, 7) is 1.67. The van der Waals surface area contributed by atoms with Gasteiger partial charge >= 0.3 is 0 Å². The number of rotatable bonds is 4. The molecule has 0 saturated carbocycles. The summed E-state index contributed by atoms with van der Waals surface area (Å²) < 4.78 is 32.8. The second-order valence-electron chi connectivity index (χ2n) is 7.52. The number of likely N-dealkylation sites (N-methyl/N-ethyl adjacent to an activating group) is 1. The number of anilines is 2. The monoisotopic (exact) mass is 439 g/mol. The summed E-state index contributed by atoms with van der Waals surface area (Å²) >= 11 is 0. The maximum absolute atomic E-state index is 12.9. The number of fused-ring (bicyclic) bond motifs is 2. The average Bonchev–Trinajstić information content (AvgIpc) is 3.37. The van der Waals surface area contributed by atoms with Gasteiger partial charge in [0, 0.05) is 24.7 Å². The van der Waals surface area contributed by atoms with Gasteiger partial charge in [0.25, 0.3) is 5.91 Å². The maximum atomic E-state index is 12.9. The highest BCUT2D eigenvalue weighted by Crippen LogP contribution is 2.33. The molecule has 0 aliphatic carbocycles. The highest BCUT2D eigenvalue weighted by molar-refractivity contribution is 7.89. The van der Waals surface area contributed by atoms with E-state index in [-0.39, 0.29) is 23.9 Å². The molecule has 0 unspecified atom stereocenters. The fourth-order valence-corrected chi connectivity index (χ4v) is 5.20. The van der Waals surface area contributed by atoms with Crippen molar-refractivity contribution in [2.75, 3.05) is 30.4 Å². The predicted octanol–water partition coefficient (Wildman–Crippen LogP) is 2.20. The molecule has 31 heavy (non-hydrogen) atoms. The topological polar surface area (TPSA) is 108 Å². The quantitative estimate of drug-likeness (QED) is 0.645. The summed E-state index contributed by atoms with van der Waals surface area (Å²) in [6.07, 6.45) is 0. The number of amides is 1. The van der Waals surface area contributed by atoms with Gasteiger partial charge in [-0.15, -0.1) is 0 Å². The van der Waals surface area contributed by atoms with Crippen LogP contribution in [0.3, 0.4) is 0 Å². The largest absolute Gasteiger partial charge is 0.490 e. The van der Waals surface area contributed by atoms with Crippen LogP contribution in [0.15, 0.2) is 53.4 Å². The number of hydrogen-bond acceptors (Lipinski definition) is 6. The Morgan fingerprint density at radius 3 is 2.77 bits per heavy atom. The lowest BCUT2D eigenvalue weighted by Crippen LogP contribution is -2.29. The first-order chi connectivity index (χ1) is 14.9. The Bertz CT molecular complexity index is 1260. The second-order valence-corrected chi connectivity index (χ2v) is 9.46. The molecule has 0 radical (unpaired) electrons. The summed E-state index contributed by atoms with van der Waals surface area (Å²) in [5, 5.41) is 9.82. The van der Waals surface area contributed by atoms with Crippen molar-refractivity contribution in [1.82, 2.24) is 14.5 Å². The molecule has 2 aliphatic rings. The first-order valence-electron chi connectivity index (χ1n) is 9.84. The number of hydrogen-bond donors (Lipinski definition) is 2. The molecule has 2 N–H and O–H groups in total. The molecule has 9 nitrogen and oxygen atoms in total. The van der Waals surface area contributed by atoms with Crippen LogP contribution in [0.25, 0.3) is 0 Å².